The van der Waals surface area contributed by atoms with Gasteiger partial charge in [0, 0.05) is 36.2 Å². The summed E-state index contributed by atoms with van der Waals surface area (Å²) in [6.07, 6.45) is 5.75. The third-order valence-corrected chi connectivity index (χ3v) is 7.58. The highest BCUT2D eigenvalue weighted by Crippen LogP contribution is 2.37. The van der Waals surface area contributed by atoms with E-state index in [1.807, 2.05) is 17.0 Å². The molecule has 39 heavy (non-hydrogen) atoms. The van der Waals surface area contributed by atoms with Crippen molar-refractivity contribution in [2.45, 2.75) is 38.5 Å². The maximum Gasteiger partial charge on any atom is 0.209 e. The number of benzene rings is 1. The largest absolute Gasteiger partial charge is 0.394 e. The lowest BCUT2D eigenvalue weighted by Crippen LogP contribution is -2.70. The van der Waals surface area contributed by atoms with Gasteiger partial charge in [0.2, 0.25) is 10.0 Å². The fourth-order valence-corrected chi connectivity index (χ4v) is 5.68. The summed E-state index contributed by atoms with van der Waals surface area (Å²) in [5.41, 5.74) is 8.94. The summed E-state index contributed by atoms with van der Waals surface area (Å²) in [5, 5.41) is 18.8. The summed E-state index contributed by atoms with van der Waals surface area (Å²) in [4.78, 5) is 15.5. The number of hydrogen-bond acceptors (Lipinski definition) is 10. The maximum atomic E-state index is 11.7. The molecule has 0 radical (unpaired) electrons. The SMILES string of the molecule is CC(C)c1ccc(N2C[C@H](NS(C)(=O)=O)[C@H]2N)c2cnc(Nc3ccnc(-c4cn(CCO)nc4Cl)n3)cc12. The second-order valence-corrected chi connectivity index (χ2v) is 11.9. The number of rotatable bonds is 9. The fourth-order valence-electron chi connectivity index (χ4n) is 4.68. The quantitative estimate of drug-likeness (QED) is 0.234. The van der Waals surface area contributed by atoms with Crippen LogP contribution < -0.4 is 20.7 Å². The number of aromatic nitrogens is 5. The fraction of sp³-hybridized carbons (Fsp3) is 0.360. The summed E-state index contributed by atoms with van der Waals surface area (Å²) in [5.74, 6) is 1.77. The molecule has 0 unspecified atom stereocenters. The highest BCUT2D eigenvalue weighted by atomic mass is 35.5. The Morgan fingerprint density at radius 3 is 2.69 bits per heavy atom. The molecule has 1 aliphatic heterocycles. The van der Waals surface area contributed by atoms with Crippen LogP contribution in [0.3, 0.4) is 0 Å². The van der Waals surface area contributed by atoms with Crippen LogP contribution in [0.15, 0.2) is 42.9 Å². The second kappa shape index (κ2) is 10.7. The minimum Gasteiger partial charge on any atom is -0.394 e. The number of pyridine rings is 1. The summed E-state index contributed by atoms with van der Waals surface area (Å²) in [7, 11) is -3.35. The van der Waals surface area contributed by atoms with E-state index < -0.39 is 16.2 Å². The molecule has 1 saturated heterocycles. The van der Waals surface area contributed by atoms with Crippen molar-refractivity contribution >= 4 is 49.7 Å². The van der Waals surface area contributed by atoms with Gasteiger partial charge in [0.05, 0.1) is 37.2 Å². The number of fused-ring (bicyclic) bond motifs is 1. The first-order valence-electron chi connectivity index (χ1n) is 12.4. The molecule has 14 heteroatoms. The molecule has 3 aromatic heterocycles. The molecule has 4 heterocycles. The normalized spacial score (nSPS) is 17.6. The van der Waals surface area contributed by atoms with E-state index in [2.05, 4.69) is 50.0 Å². The molecule has 0 bridgehead atoms. The van der Waals surface area contributed by atoms with Crippen LogP contribution in [0.25, 0.3) is 22.2 Å². The molecule has 1 aromatic carbocycles. The summed E-state index contributed by atoms with van der Waals surface area (Å²) >= 11 is 6.27. The van der Waals surface area contributed by atoms with E-state index in [0.717, 1.165) is 28.3 Å². The highest BCUT2D eigenvalue weighted by molar-refractivity contribution is 7.88. The van der Waals surface area contributed by atoms with Crippen molar-refractivity contribution in [3.8, 4) is 11.4 Å². The van der Waals surface area contributed by atoms with Gasteiger partial charge in [-0.1, -0.05) is 31.5 Å². The number of hydrogen-bond donors (Lipinski definition) is 4. The Hall–Kier alpha value is -3.36. The third-order valence-electron chi connectivity index (χ3n) is 6.57. The van der Waals surface area contributed by atoms with E-state index in [-0.39, 0.29) is 23.7 Å². The molecule has 1 aliphatic rings. The number of anilines is 3. The molecule has 1 fully saturated rings. The van der Waals surface area contributed by atoms with Crippen molar-refractivity contribution < 1.29 is 13.5 Å². The van der Waals surface area contributed by atoms with Gasteiger partial charge in [-0.05, 0) is 35.1 Å². The van der Waals surface area contributed by atoms with Gasteiger partial charge in [-0.3, -0.25) is 4.68 Å². The Morgan fingerprint density at radius 1 is 1.21 bits per heavy atom. The third kappa shape index (κ3) is 5.68. The van der Waals surface area contributed by atoms with Gasteiger partial charge >= 0.3 is 0 Å². The average molecular weight is 572 g/mol. The molecular weight excluding hydrogens is 542 g/mol. The molecule has 0 spiro atoms. The van der Waals surface area contributed by atoms with Crippen LogP contribution >= 0.6 is 11.6 Å². The number of halogens is 1. The van der Waals surface area contributed by atoms with Crippen molar-refractivity contribution in [3.05, 3.63) is 53.6 Å². The molecule has 5 N–H and O–H groups in total. The predicted octanol–water partition coefficient (Wildman–Crippen LogP) is 2.42. The van der Waals surface area contributed by atoms with E-state index in [4.69, 9.17) is 17.3 Å². The first kappa shape index (κ1) is 27.2. The first-order valence-corrected chi connectivity index (χ1v) is 14.7. The maximum absolute atomic E-state index is 11.7. The number of nitrogens with two attached hydrogens (primary N) is 1. The van der Waals surface area contributed by atoms with Gasteiger partial charge in [0.25, 0.3) is 0 Å². The molecule has 0 amide bonds. The number of sulfonamides is 1. The molecule has 0 aliphatic carbocycles. The van der Waals surface area contributed by atoms with E-state index in [1.165, 1.54) is 0 Å². The van der Waals surface area contributed by atoms with Crippen molar-refractivity contribution in [1.29, 1.82) is 0 Å². The van der Waals surface area contributed by atoms with Crippen LogP contribution in [0.1, 0.15) is 25.3 Å². The standard InChI is InChI=1S/C25H30ClN9O3S/c1-14(2)15-4-5-20(35-13-19(24(35)27)33-39(3,37)38)17-11-29-22(10-16(15)17)30-21-6-7-28-25(31-21)18-12-34(8-9-36)32-23(18)26/h4-7,10-12,14,19,24,33,36H,8-9,13,27H2,1-3H3,(H,28,29,30,31)/t19-,24-/m0/s1. The molecule has 5 rings (SSSR count). The smallest absolute Gasteiger partial charge is 0.209 e. The number of aliphatic hydroxyl groups is 1. The first-order chi connectivity index (χ1) is 18.5. The Bertz CT molecular complexity index is 1630. The van der Waals surface area contributed by atoms with Crippen molar-refractivity contribution in [2.75, 3.05) is 29.6 Å². The van der Waals surface area contributed by atoms with Crippen LogP contribution in [0.2, 0.25) is 5.15 Å². The minimum absolute atomic E-state index is 0.0601. The van der Waals surface area contributed by atoms with E-state index >= 15 is 0 Å². The van der Waals surface area contributed by atoms with Gasteiger partial charge < -0.3 is 21.1 Å². The van der Waals surface area contributed by atoms with Gasteiger partial charge in [0.1, 0.15) is 11.6 Å². The van der Waals surface area contributed by atoms with Gasteiger partial charge in [-0.2, -0.15) is 5.10 Å². The van der Waals surface area contributed by atoms with E-state index in [0.29, 0.717) is 36.1 Å². The van der Waals surface area contributed by atoms with Crippen LogP contribution in [0.5, 0.6) is 0 Å². The van der Waals surface area contributed by atoms with E-state index in [9.17, 15) is 13.5 Å². The number of nitrogens with one attached hydrogen (secondary N) is 2. The average Bonchev–Trinajstić information content (AvgIpc) is 3.25. The zero-order valence-corrected chi connectivity index (χ0v) is 23.3. The monoisotopic (exact) mass is 571 g/mol. The zero-order chi connectivity index (χ0) is 27.9. The molecule has 12 nitrogen and oxygen atoms in total. The number of nitrogens with zero attached hydrogens (tertiary/aromatic N) is 6. The van der Waals surface area contributed by atoms with Crippen LogP contribution in [0.4, 0.5) is 17.3 Å². The Kier molecular flexibility index (Phi) is 7.44. The molecule has 4 aromatic rings. The van der Waals surface area contributed by atoms with Crippen molar-refractivity contribution in [1.82, 2.24) is 29.5 Å². The lowest BCUT2D eigenvalue weighted by molar-refractivity contribution is 0.269. The van der Waals surface area contributed by atoms with Gasteiger partial charge in [-0.15, -0.1) is 0 Å². The Morgan fingerprint density at radius 2 is 2.00 bits per heavy atom. The second-order valence-electron chi connectivity index (χ2n) is 9.79. The molecule has 0 saturated carbocycles. The Balaban J connectivity index is 1.45. The summed E-state index contributed by atoms with van der Waals surface area (Å²) in [6.45, 7) is 4.97. The molecule has 2 atom stereocenters. The van der Waals surface area contributed by atoms with Crippen LogP contribution in [-0.2, 0) is 16.6 Å². The lowest BCUT2D eigenvalue weighted by atomic mass is 9.94. The summed E-state index contributed by atoms with van der Waals surface area (Å²) < 4.78 is 27.4. The van der Waals surface area contributed by atoms with Gasteiger partial charge in [-0.25, -0.2) is 28.1 Å². The van der Waals surface area contributed by atoms with Crippen molar-refractivity contribution in [2.24, 2.45) is 5.73 Å². The minimum atomic E-state index is -3.35. The molecule has 206 valence electrons. The van der Waals surface area contributed by atoms with E-state index in [1.54, 1.807) is 29.3 Å². The van der Waals surface area contributed by atoms with Crippen LogP contribution in [-0.4, -0.2) is 69.9 Å². The van der Waals surface area contributed by atoms with Crippen LogP contribution in [0, 0.1) is 0 Å². The van der Waals surface area contributed by atoms with Gasteiger partial charge in [0.15, 0.2) is 11.0 Å². The van der Waals surface area contributed by atoms with Crippen molar-refractivity contribution in [3.63, 3.8) is 0 Å². The predicted molar refractivity (Wildman–Crippen MR) is 152 cm³/mol. The highest BCUT2D eigenvalue weighted by Gasteiger charge is 2.38. The zero-order valence-electron chi connectivity index (χ0n) is 21.7. The Labute approximate surface area is 231 Å². The number of aliphatic hydroxyl groups excluding tert-OH is 1. The molecular formula is C25H30ClN9O3S. The summed E-state index contributed by atoms with van der Waals surface area (Å²) in [6, 6.07) is 7.44. The lowest BCUT2D eigenvalue weighted by Gasteiger charge is -2.47. The topological polar surface area (TPSA) is 164 Å².